The molecule has 0 heterocycles. The Morgan fingerprint density at radius 3 is 2.46 bits per heavy atom. The average molecular weight is 366 g/mol. The molecule has 0 bridgehead atoms. The molecule has 0 aromatic heterocycles. The Morgan fingerprint density at radius 1 is 1.23 bits per heavy atom. The Bertz CT molecular complexity index is 611. The van der Waals surface area contributed by atoms with Crippen molar-refractivity contribution in [3.63, 3.8) is 0 Å². The van der Waals surface area contributed by atoms with Gasteiger partial charge in [0.15, 0.2) is 6.10 Å². The summed E-state index contributed by atoms with van der Waals surface area (Å²) in [5.41, 5.74) is -2.18. The van der Waals surface area contributed by atoms with Crippen molar-refractivity contribution in [2.24, 2.45) is 0 Å². The summed E-state index contributed by atoms with van der Waals surface area (Å²) in [4.78, 5) is 33.5. The summed E-state index contributed by atoms with van der Waals surface area (Å²) in [6.07, 6.45) is 10.5. The van der Waals surface area contributed by atoms with Crippen LogP contribution >= 0.6 is 0 Å². The van der Waals surface area contributed by atoms with Gasteiger partial charge in [-0.15, -0.1) is 0 Å². The Balaban J connectivity index is 2.99. The zero-order valence-electron chi connectivity index (χ0n) is 15.3. The van der Waals surface area contributed by atoms with E-state index in [9.17, 15) is 25.0 Å². The smallest absolute Gasteiger partial charge is 0.331 e. The molecule has 0 spiro atoms. The Hall–Kier alpha value is -2.51. The molecule has 2 unspecified atom stereocenters. The molecule has 0 N–H and O–H groups in total. The molecule has 8 heteroatoms. The first-order chi connectivity index (χ1) is 12.4. The van der Waals surface area contributed by atoms with Crippen molar-refractivity contribution in [2.75, 3.05) is 0 Å². The second-order valence-corrected chi connectivity index (χ2v) is 6.31. The fourth-order valence-electron chi connectivity index (χ4n) is 2.95. The average Bonchev–Trinajstić information content (AvgIpc) is 2.59. The molecule has 144 valence electrons. The van der Waals surface area contributed by atoms with Gasteiger partial charge in [0.1, 0.15) is 0 Å². The van der Waals surface area contributed by atoms with Crippen molar-refractivity contribution in [1.29, 1.82) is 0 Å². The molecule has 0 fully saturated rings. The maximum atomic E-state index is 11.9. The number of carbonyl (C=O) groups is 1. The molecule has 1 aliphatic carbocycles. The summed E-state index contributed by atoms with van der Waals surface area (Å²) in [5, 5.41) is 22.9. The third-order valence-corrected chi connectivity index (χ3v) is 4.36. The first-order valence-electron chi connectivity index (χ1n) is 8.90. The van der Waals surface area contributed by atoms with Crippen molar-refractivity contribution in [3.05, 3.63) is 56.3 Å². The number of rotatable bonds is 11. The molecule has 1 rings (SSSR count). The van der Waals surface area contributed by atoms with Crippen molar-refractivity contribution < 1.29 is 19.4 Å². The molecule has 0 aromatic rings. The molecule has 0 saturated carbocycles. The molecule has 0 saturated heterocycles. The summed E-state index contributed by atoms with van der Waals surface area (Å²) in [7, 11) is 0. The largest absolute Gasteiger partial charge is 0.447 e. The first kappa shape index (κ1) is 21.5. The second-order valence-electron chi connectivity index (χ2n) is 6.31. The molecule has 0 radical (unpaired) electrons. The van der Waals surface area contributed by atoms with Crippen LogP contribution in [0.1, 0.15) is 58.8 Å². The quantitative estimate of drug-likeness (QED) is 0.180. The lowest BCUT2D eigenvalue weighted by Crippen LogP contribution is -2.50. The summed E-state index contributed by atoms with van der Waals surface area (Å²) < 4.78 is 5.21. The molecule has 2 atom stereocenters. The lowest BCUT2D eigenvalue weighted by atomic mass is 9.82. The van der Waals surface area contributed by atoms with E-state index in [1.165, 1.54) is 12.2 Å². The van der Waals surface area contributed by atoms with Crippen LogP contribution in [0.4, 0.5) is 0 Å². The van der Waals surface area contributed by atoms with Gasteiger partial charge in [0.05, 0.1) is 11.0 Å². The predicted octanol–water partition coefficient (Wildman–Crippen LogP) is 3.97. The van der Waals surface area contributed by atoms with Crippen LogP contribution in [0.15, 0.2) is 36.1 Å². The van der Waals surface area contributed by atoms with Crippen molar-refractivity contribution in [3.8, 4) is 0 Å². The normalized spacial score (nSPS) is 22.2. The van der Waals surface area contributed by atoms with E-state index in [1.54, 1.807) is 6.92 Å². The van der Waals surface area contributed by atoms with Gasteiger partial charge in [0, 0.05) is 23.5 Å². The number of nitrogens with zero attached hydrogens (tertiary/aromatic N) is 2. The minimum absolute atomic E-state index is 0.0710. The van der Waals surface area contributed by atoms with Crippen LogP contribution in [0, 0.1) is 20.2 Å². The van der Waals surface area contributed by atoms with E-state index >= 15 is 0 Å². The van der Waals surface area contributed by atoms with Crippen LogP contribution < -0.4 is 0 Å². The van der Waals surface area contributed by atoms with Crippen LogP contribution in [0.3, 0.4) is 0 Å². The standard InChI is InChI=1S/C18H26N2O6/c1-3-5-6-7-8-9-13-18(20(24)25)14-15(19(22)23)11-12-16(18)26-17(21)10-4-2/h4,10-12,14,16H,3,5-9,13H2,1-2H3. The first-order valence-corrected chi connectivity index (χ1v) is 8.90. The fraction of sp³-hybridized carbons (Fsp3) is 0.611. The van der Waals surface area contributed by atoms with Gasteiger partial charge in [0.2, 0.25) is 0 Å². The molecule has 26 heavy (non-hydrogen) atoms. The number of ether oxygens (including phenoxy) is 1. The number of nitro groups is 2. The van der Waals surface area contributed by atoms with Gasteiger partial charge in [-0.25, -0.2) is 4.79 Å². The van der Waals surface area contributed by atoms with Gasteiger partial charge in [-0.3, -0.25) is 20.2 Å². The lowest BCUT2D eigenvalue weighted by Gasteiger charge is -2.29. The number of esters is 1. The van der Waals surface area contributed by atoms with Gasteiger partial charge in [-0.2, -0.15) is 0 Å². The lowest BCUT2D eigenvalue weighted by molar-refractivity contribution is -0.568. The van der Waals surface area contributed by atoms with Gasteiger partial charge in [-0.05, 0) is 19.4 Å². The third-order valence-electron chi connectivity index (χ3n) is 4.36. The summed E-state index contributed by atoms with van der Waals surface area (Å²) >= 11 is 0. The number of hydrogen-bond donors (Lipinski definition) is 0. The number of allylic oxidation sites excluding steroid dienone is 2. The second kappa shape index (κ2) is 10.5. The maximum absolute atomic E-state index is 11.9. The molecule has 1 aliphatic rings. The highest BCUT2D eigenvalue weighted by Gasteiger charge is 2.53. The molecule has 0 amide bonds. The van der Waals surface area contributed by atoms with Crippen molar-refractivity contribution >= 4 is 5.97 Å². The SMILES string of the molecule is CC=CC(=O)OC1C=CC([N+](=O)[O-])=CC1(CCCCCCCC)[N+](=O)[O-]. The van der Waals surface area contributed by atoms with Crippen LogP contribution in [0.2, 0.25) is 0 Å². The van der Waals surface area contributed by atoms with Crippen LogP contribution in [-0.2, 0) is 9.53 Å². The number of hydrogen-bond acceptors (Lipinski definition) is 6. The summed E-state index contributed by atoms with van der Waals surface area (Å²) in [6, 6.07) is 0. The molecular formula is C18H26N2O6. The Morgan fingerprint density at radius 2 is 1.88 bits per heavy atom. The Kier molecular flexibility index (Phi) is 8.67. The van der Waals surface area contributed by atoms with Crippen LogP contribution in [0.25, 0.3) is 0 Å². The topological polar surface area (TPSA) is 113 Å². The number of unbranched alkanes of at least 4 members (excludes halogenated alkanes) is 5. The highest BCUT2D eigenvalue weighted by atomic mass is 16.6. The van der Waals surface area contributed by atoms with Crippen LogP contribution in [-0.4, -0.2) is 27.5 Å². The highest BCUT2D eigenvalue weighted by molar-refractivity contribution is 5.82. The zero-order valence-corrected chi connectivity index (χ0v) is 15.3. The van der Waals surface area contributed by atoms with E-state index in [2.05, 4.69) is 6.92 Å². The van der Waals surface area contributed by atoms with E-state index < -0.39 is 27.5 Å². The van der Waals surface area contributed by atoms with E-state index in [1.807, 2.05) is 0 Å². The zero-order chi connectivity index (χ0) is 19.6. The summed E-state index contributed by atoms with van der Waals surface area (Å²) in [6.45, 7) is 3.73. The van der Waals surface area contributed by atoms with Crippen molar-refractivity contribution in [2.45, 2.75) is 70.4 Å². The third kappa shape index (κ3) is 5.79. The Labute approximate surface area is 152 Å². The predicted molar refractivity (Wildman–Crippen MR) is 96.6 cm³/mol. The van der Waals surface area contributed by atoms with E-state index in [0.717, 1.165) is 50.3 Å². The van der Waals surface area contributed by atoms with Crippen molar-refractivity contribution in [1.82, 2.24) is 0 Å². The van der Waals surface area contributed by atoms with E-state index in [-0.39, 0.29) is 12.1 Å². The monoisotopic (exact) mass is 366 g/mol. The minimum atomic E-state index is -1.82. The number of carbonyl (C=O) groups excluding carboxylic acids is 1. The minimum Gasteiger partial charge on any atom is -0.447 e. The van der Waals surface area contributed by atoms with Crippen LogP contribution in [0.5, 0.6) is 0 Å². The highest BCUT2D eigenvalue weighted by Crippen LogP contribution is 2.33. The van der Waals surface area contributed by atoms with E-state index in [4.69, 9.17) is 4.74 Å². The maximum Gasteiger partial charge on any atom is 0.331 e. The van der Waals surface area contributed by atoms with E-state index in [0.29, 0.717) is 6.42 Å². The molecule has 0 aromatic carbocycles. The molecule has 8 nitrogen and oxygen atoms in total. The molecular weight excluding hydrogens is 340 g/mol. The van der Waals surface area contributed by atoms with Gasteiger partial charge >= 0.3 is 5.97 Å². The fourth-order valence-corrected chi connectivity index (χ4v) is 2.95. The molecule has 0 aliphatic heterocycles. The van der Waals surface area contributed by atoms with Gasteiger partial charge in [0.25, 0.3) is 11.2 Å². The van der Waals surface area contributed by atoms with Gasteiger partial charge < -0.3 is 4.74 Å². The summed E-state index contributed by atoms with van der Waals surface area (Å²) in [5.74, 6) is -0.714. The van der Waals surface area contributed by atoms with Gasteiger partial charge in [-0.1, -0.05) is 45.1 Å².